The Morgan fingerprint density at radius 3 is 2.87 bits per heavy atom. The third-order valence-corrected chi connectivity index (χ3v) is 2.28. The molecule has 0 saturated carbocycles. The van der Waals surface area contributed by atoms with Crippen LogP contribution in [0.25, 0.3) is 10.9 Å². The standard InChI is InChI=1S/C11H10N2O2/c12-10(11(14)15)8-3-1-5-9-7(8)4-2-6-13-9/h1-6,10H,12H2,(H,14,15). The zero-order valence-electron chi connectivity index (χ0n) is 7.92. The normalized spacial score (nSPS) is 12.6. The molecule has 1 aromatic carbocycles. The maximum atomic E-state index is 10.8. The number of nitrogens with two attached hydrogens (primary N) is 1. The summed E-state index contributed by atoms with van der Waals surface area (Å²) in [5, 5.41) is 9.64. The second-order valence-electron chi connectivity index (χ2n) is 3.23. The van der Waals surface area contributed by atoms with Crippen molar-refractivity contribution >= 4 is 16.9 Å². The first-order valence-electron chi connectivity index (χ1n) is 4.52. The lowest BCUT2D eigenvalue weighted by Gasteiger charge is -2.09. The molecule has 2 aromatic rings. The zero-order valence-corrected chi connectivity index (χ0v) is 7.92. The fourth-order valence-electron chi connectivity index (χ4n) is 1.53. The number of carboxylic acid groups (broad SMARTS) is 1. The fourth-order valence-corrected chi connectivity index (χ4v) is 1.53. The number of hydrogen-bond acceptors (Lipinski definition) is 3. The van der Waals surface area contributed by atoms with Crippen LogP contribution in [0, 0.1) is 0 Å². The van der Waals surface area contributed by atoms with Crippen LogP contribution in [0.3, 0.4) is 0 Å². The summed E-state index contributed by atoms with van der Waals surface area (Å²) in [4.78, 5) is 14.9. The van der Waals surface area contributed by atoms with E-state index in [1.165, 1.54) is 0 Å². The van der Waals surface area contributed by atoms with Gasteiger partial charge in [-0.25, -0.2) is 0 Å². The van der Waals surface area contributed by atoms with Gasteiger partial charge < -0.3 is 10.8 Å². The summed E-state index contributed by atoms with van der Waals surface area (Å²) < 4.78 is 0. The largest absolute Gasteiger partial charge is 0.480 e. The molecule has 76 valence electrons. The molecule has 0 amide bonds. The number of carbonyl (C=O) groups is 1. The Labute approximate surface area is 86.4 Å². The maximum absolute atomic E-state index is 10.8. The second-order valence-corrected chi connectivity index (χ2v) is 3.23. The van der Waals surface area contributed by atoms with Gasteiger partial charge in [-0.2, -0.15) is 0 Å². The lowest BCUT2D eigenvalue weighted by atomic mass is 10.0. The summed E-state index contributed by atoms with van der Waals surface area (Å²) in [6.45, 7) is 0. The Hall–Kier alpha value is -1.94. The van der Waals surface area contributed by atoms with Gasteiger partial charge in [0.05, 0.1) is 5.52 Å². The number of rotatable bonds is 2. The smallest absolute Gasteiger partial charge is 0.325 e. The first kappa shape index (κ1) is 9.61. The molecule has 1 unspecified atom stereocenters. The number of hydrogen-bond donors (Lipinski definition) is 2. The Bertz CT molecular complexity index is 505. The SMILES string of the molecule is NC(C(=O)O)c1cccc2ncccc12. The van der Waals surface area contributed by atoms with E-state index in [0.29, 0.717) is 5.56 Å². The van der Waals surface area contributed by atoms with Crippen LogP contribution in [0.1, 0.15) is 11.6 Å². The summed E-state index contributed by atoms with van der Waals surface area (Å²) in [6, 6.07) is 7.88. The van der Waals surface area contributed by atoms with Crippen molar-refractivity contribution in [3.05, 3.63) is 42.1 Å². The quantitative estimate of drug-likeness (QED) is 0.770. The van der Waals surface area contributed by atoms with Crippen LogP contribution in [-0.4, -0.2) is 16.1 Å². The number of aliphatic carboxylic acids is 1. The summed E-state index contributed by atoms with van der Waals surface area (Å²) in [7, 11) is 0. The first-order chi connectivity index (χ1) is 7.20. The predicted octanol–water partition coefficient (Wildman–Crippen LogP) is 1.32. The molecule has 0 saturated heterocycles. The summed E-state index contributed by atoms with van der Waals surface area (Å²) in [5.41, 5.74) is 6.92. The van der Waals surface area contributed by atoms with Gasteiger partial charge in [-0.1, -0.05) is 18.2 Å². The summed E-state index contributed by atoms with van der Waals surface area (Å²) >= 11 is 0. The van der Waals surface area contributed by atoms with Crippen LogP contribution in [-0.2, 0) is 4.79 Å². The predicted molar refractivity (Wildman–Crippen MR) is 56.3 cm³/mol. The van der Waals surface area contributed by atoms with Gasteiger partial charge in [0.1, 0.15) is 6.04 Å². The summed E-state index contributed by atoms with van der Waals surface area (Å²) in [5.74, 6) is -1.04. The van der Waals surface area contributed by atoms with Crippen molar-refractivity contribution in [2.75, 3.05) is 0 Å². The van der Waals surface area contributed by atoms with E-state index in [9.17, 15) is 4.79 Å². The van der Waals surface area contributed by atoms with Crippen LogP contribution in [0.5, 0.6) is 0 Å². The molecule has 1 heterocycles. The lowest BCUT2D eigenvalue weighted by Crippen LogP contribution is -2.20. The Morgan fingerprint density at radius 1 is 1.33 bits per heavy atom. The monoisotopic (exact) mass is 202 g/mol. The van der Waals surface area contributed by atoms with E-state index < -0.39 is 12.0 Å². The van der Waals surface area contributed by atoms with Crippen LogP contribution in [0.15, 0.2) is 36.5 Å². The number of aromatic nitrogens is 1. The van der Waals surface area contributed by atoms with Gasteiger partial charge in [0, 0.05) is 11.6 Å². The van der Waals surface area contributed by atoms with Crippen LogP contribution in [0.4, 0.5) is 0 Å². The Kier molecular flexibility index (Phi) is 2.35. The average molecular weight is 202 g/mol. The van der Waals surface area contributed by atoms with Crippen molar-refractivity contribution in [3.63, 3.8) is 0 Å². The molecule has 15 heavy (non-hydrogen) atoms. The van der Waals surface area contributed by atoms with Crippen molar-refractivity contribution in [1.29, 1.82) is 0 Å². The molecule has 0 aliphatic carbocycles. The first-order valence-corrected chi connectivity index (χ1v) is 4.52. The minimum atomic E-state index is -1.04. The molecule has 4 nitrogen and oxygen atoms in total. The lowest BCUT2D eigenvalue weighted by molar-refractivity contribution is -0.138. The van der Waals surface area contributed by atoms with Crippen molar-refractivity contribution in [1.82, 2.24) is 4.98 Å². The number of fused-ring (bicyclic) bond motifs is 1. The number of pyridine rings is 1. The molecule has 1 atom stereocenters. The molecule has 4 heteroatoms. The van der Waals surface area contributed by atoms with E-state index in [0.717, 1.165) is 10.9 Å². The van der Waals surface area contributed by atoms with Gasteiger partial charge in [0.2, 0.25) is 0 Å². The van der Waals surface area contributed by atoms with Crippen molar-refractivity contribution in [2.24, 2.45) is 5.73 Å². The second kappa shape index (κ2) is 3.67. The van der Waals surface area contributed by atoms with Crippen LogP contribution < -0.4 is 5.73 Å². The minimum Gasteiger partial charge on any atom is -0.480 e. The van der Waals surface area contributed by atoms with Crippen LogP contribution >= 0.6 is 0 Å². The highest BCUT2D eigenvalue weighted by Crippen LogP contribution is 2.21. The van der Waals surface area contributed by atoms with Gasteiger partial charge >= 0.3 is 5.97 Å². The van der Waals surface area contributed by atoms with Gasteiger partial charge in [0.15, 0.2) is 0 Å². The molecule has 0 aliphatic rings. The van der Waals surface area contributed by atoms with E-state index >= 15 is 0 Å². The van der Waals surface area contributed by atoms with E-state index in [4.69, 9.17) is 10.8 Å². The molecule has 0 radical (unpaired) electrons. The topological polar surface area (TPSA) is 76.2 Å². The van der Waals surface area contributed by atoms with Gasteiger partial charge in [0.25, 0.3) is 0 Å². The van der Waals surface area contributed by atoms with E-state index in [2.05, 4.69) is 4.98 Å². The van der Waals surface area contributed by atoms with Gasteiger partial charge in [-0.15, -0.1) is 0 Å². The molecule has 3 N–H and O–H groups in total. The highest BCUT2D eigenvalue weighted by molar-refractivity contribution is 5.88. The van der Waals surface area contributed by atoms with E-state index in [1.54, 1.807) is 24.4 Å². The average Bonchev–Trinajstić information content (AvgIpc) is 2.27. The van der Waals surface area contributed by atoms with Crippen molar-refractivity contribution in [3.8, 4) is 0 Å². The van der Waals surface area contributed by atoms with Gasteiger partial charge in [-0.05, 0) is 17.7 Å². The summed E-state index contributed by atoms with van der Waals surface area (Å²) in [6.07, 6.45) is 1.67. The molecule has 0 spiro atoms. The highest BCUT2D eigenvalue weighted by atomic mass is 16.4. The molecular formula is C11H10N2O2. The molecular weight excluding hydrogens is 192 g/mol. The Balaban J connectivity index is 2.65. The van der Waals surface area contributed by atoms with E-state index in [-0.39, 0.29) is 0 Å². The third kappa shape index (κ3) is 1.67. The number of nitrogens with zero attached hydrogens (tertiary/aromatic N) is 1. The maximum Gasteiger partial charge on any atom is 0.325 e. The molecule has 0 bridgehead atoms. The Morgan fingerprint density at radius 2 is 2.13 bits per heavy atom. The van der Waals surface area contributed by atoms with Crippen molar-refractivity contribution < 1.29 is 9.90 Å². The van der Waals surface area contributed by atoms with Crippen LogP contribution in [0.2, 0.25) is 0 Å². The zero-order chi connectivity index (χ0) is 10.8. The molecule has 2 rings (SSSR count). The molecule has 1 aromatic heterocycles. The minimum absolute atomic E-state index is 0.591. The highest BCUT2D eigenvalue weighted by Gasteiger charge is 2.16. The van der Waals surface area contributed by atoms with E-state index in [1.807, 2.05) is 12.1 Å². The van der Waals surface area contributed by atoms with Crippen molar-refractivity contribution in [2.45, 2.75) is 6.04 Å². The number of benzene rings is 1. The molecule has 0 fully saturated rings. The van der Waals surface area contributed by atoms with Gasteiger partial charge in [-0.3, -0.25) is 9.78 Å². The fraction of sp³-hybridized carbons (Fsp3) is 0.0909. The molecule has 0 aliphatic heterocycles. The number of carboxylic acids is 1. The third-order valence-electron chi connectivity index (χ3n) is 2.28.